The Hall–Kier alpha value is -1.44. The molecule has 0 spiro atoms. The molecule has 6 nitrogen and oxygen atoms in total. The van der Waals surface area contributed by atoms with E-state index >= 15 is 0 Å². The molecule has 1 aliphatic heterocycles. The maximum Gasteiger partial charge on any atom is 0.281 e. The van der Waals surface area contributed by atoms with Crippen LogP contribution in [0.25, 0.3) is 0 Å². The molecule has 23 heavy (non-hydrogen) atoms. The Labute approximate surface area is 138 Å². The van der Waals surface area contributed by atoms with Crippen LogP contribution in [0.1, 0.15) is 24.0 Å². The zero-order valence-corrected chi connectivity index (χ0v) is 15.0. The summed E-state index contributed by atoms with van der Waals surface area (Å²) in [7, 11) is -0.340. The summed E-state index contributed by atoms with van der Waals surface area (Å²) in [6, 6.07) is 5.94. The molecule has 1 N–H and O–H groups in total. The summed E-state index contributed by atoms with van der Waals surface area (Å²) in [5.74, 6) is -0.179. The van der Waals surface area contributed by atoms with Gasteiger partial charge in [-0.15, -0.1) is 0 Å². The molecule has 1 aliphatic rings. The van der Waals surface area contributed by atoms with E-state index in [2.05, 4.69) is 11.4 Å². The quantitative estimate of drug-likeness (QED) is 0.909. The molecule has 2 rings (SSSR count). The normalized spacial score (nSPS) is 17.4. The summed E-state index contributed by atoms with van der Waals surface area (Å²) in [6.45, 7) is 4.75. The molecule has 0 bridgehead atoms. The summed E-state index contributed by atoms with van der Waals surface area (Å²) in [5, 5.41) is 2.95. The maximum absolute atomic E-state index is 12.4. The number of nitrogens with one attached hydrogen (secondary N) is 1. The maximum atomic E-state index is 12.4. The van der Waals surface area contributed by atoms with Crippen LogP contribution in [0.4, 0.5) is 5.69 Å². The highest BCUT2D eigenvalue weighted by atomic mass is 32.2. The Kier molecular flexibility index (Phi) is 5.44. The number of amides is 1. The van der Waals surface area contributed by atoms with Crippen molar-refractivity contribution in [3.05, 3.63) is 29.3 Å². The SMILES string of the molecule is Cc1cc(C)cc(NC(=O)C2CCN(S(=O)(=O)N(C)C)CC2)c1. The van der Waals surface area contributed by atoms with Crippen molar-refractivity contribution >= 4 is 21.8 Å². The van der Waals surface area contributed by atoms with Crippen LogP contribution in [0.3, 0.4) is 0 Å². The number of rotatable bonds is 4. The van der Waals surface area contributed by atoms with Gasteiger partial charge in [-0.1, -0.05) is 6.07 Å². The van der Waals surface area contributed by atoms with Gasteiger partial charge in [-0.2, -0.15) is 17.0 Å². The van der Waals surface area contributed by atoms with E-state index < -0.39 is 10.2 Å². The van der Waals surface area contributed by atoms with Gasteiger partial charge in [0.1, 0.15) is 0 Å². The van der Waals surface area contributed by atoms with Crippen LogP contribution < -0.4 is 5.32 Å². The number of anilines is 1. The highest BCUT2D eigenvalue weighted by Crippen LogP contribution is 2.23. The van der Waals surface area contributed by atoms with Crippen LogP contribution in [0.2, 0.25) is 0 Å². The van der Waals surface area contributed by atoms with E-state index in [1.54, 1.807) is 0 Å². The number of piperidine rings is 1. The molecule has 7 heteroatoms. The van der Waals surface area contributed by atoms with Crippen molar-refractivity contribution in [3.8, 4) is 0 Å². The predicted molar refractivity (Wildman–Crippen MR) is 91.4 cm³/mol. The van der Waals surface area contributed by atoms with Crippen molar-refractivity contribution in [2.24, 2.45) is 5.92 Å². The Balaban J connectivity index is 1.96. The largest absolute Gasteiger partial charge is 0.326 e. The molecule has 1 heterocycles. The van der Waals surface area contributed by atoms with E-state index in [0.717, 1.165) is 16.8 Å². The van der Waals surface area contributed by atoms with E-state index in [0.29, 0.717) is 25.9 Å². The first-order chi connectivity index (χ1) is 10.7. The lowest BCUT2D eigenvalue weighted by Crippen LogP contribution is -2.46. The molecule has 0 aliphatic carbocycles. The van der Waals surface area contributed by atoms with Crippen LogP contribution in [-0.4, -0.2) is 50.1 Å². The summed E-state index contributed by atoms with van der Waals surface area (Å²) in [5.41, 5.74) is 3.01. The lowest BCUT2D eigenvalue weighted by atomic mass is 9.97. The van der Waals surface area contributed by atoms with Crippen LogP contribution >= 0.6 is 0 Å². The zero-order valence-electron chi connectivity index (χ0n) is 14.2. The van der Waals surface area contributed by atoms with E-state index in [-0.39, 0.29) is 11.8 Å². The standard InChI is InChI=1S/C16H25N3O3S/c1-12-9-13(2)11-15(10-12)17-16(20)14-5-7-19(8-6-14)23(21,22)18(3)4/h9-11,14H,5-8H2,1-4H3,(H,17,20). The van der Waals surface area contributed by atoms with Gasteiger partial charge in [-0.25, -0.2) is 0 Å². The Morgan fingerprint density at radius 1 is 1.13 bits per heavy atom. The number of hydrogen-bond donors (Lipinski definition) is 1. The molecule has 1 aromatic rings. The number of carbonyl (C=O) groups is 1. The number of nitrogens with zero attached hydrogens (tertiary/aromatic N) is 2. The first kappa shape index (κ1) is 17.9. The van der Waals surface area contributed by atoms with Gasteiger partial charge in [0.05, 0.1) is 0 Å². The van der Waals surface area contributed by atoms with Gasteiger partial charge in [-0.3, -0.25) is 4.79 Å². The zero-order chi connectivity index (χ0) is 17.2. The van der Waals surface area contributed by atoms with E-state index in [1.165, 1.54) is 22.7 Å². The highest BCUT2D eigenvalue weighted by molar-refractivity contribution is 7.86. The summed E-state index contributed by atoms with van der Waals surface area (Å²) < 4.78 is 26.8. The predicted octanol–water partition coefficient (Wildman–Crippen LogP) is 1.76. The molecule has 1 saturated heterocycles. The molecule has 1 fully saturated rings. The molecule has 1 aromatic carbocycles. The van der Waals surface area contributed by atoms with Gasteiger partial charge >= 0.3 is 0 Å². The van der Waals surface area contributed by atoms with Crippen LogP contribution in [0.15, 0.2) is 18.2 Å². The minimum Gasteiger partial charge on any atom is -0.326 e. The average Bonchev–Trinajstić information content (AvgIpc) is 2.46. The second-order valence-electron chi connectivity index (χ2n) is 6.33. The van der Waals surface area contributed by atoms with Crippen LogP contribution in [0.5, 0.6) is 0 Å². The van der Waals surface area contributed by atoms with Crippen LogP contribution in [-0.2, 0) is 15.0 Å². The minimum atomic E-state index is -3.38. The van der Waals surface area contributed by atoms with Crippen molar-refractivity contribution in [3.63, 3.8) is 0 Å². The smallest absolute Gasteiger partial charge is 0.281 e. The topological polar surface area (TPSA) is 69.7 Å². The van der Waals surface area contributed by atoms with E-state index in [9.17, 15) is 13.2 Å². The molecule has 0 unspecified atom stereocenters. The van der Waals surface area contributed by atoms with Gasteiger partial charge in [0.15, 0.2) is 0 Å². The summed E-state index contributed by atoms with van der Waals surface area (Å²) in [6.07, 6.45) is 1.09. The third kappa shape index (κ3) is 4.31. The second kappa shape index (κ2) is 6.98. The third-order valence-corrected chi connectivity index (χ3v) is 6.04. The second-order valence-corrected chi connectivity index (χ2v) is 8.47. The fraction of sp³-hybridized carbons (Fsp3) is 0.562. The van der Waals surface area contributed by atoms with Gasteiger partial charge in [0.2, 0.25) is 5.91 Å². The minimum absolute atomic E-state index is 0.0306. The van der Waals surface area contributed by atoms with Crippen molar-refractivity contribution in [1.82, 2.24) is 8.61 Å². The summed E-state index contributed by atoms with van der Waals surface area (Å²) in [4.78, 5) is 12.4. The molecule has 0 saturated carbocycles. The molecular formula is C16H25N3O3S. The number of aryl methyl sites for hydroxylation is 2. The molecular weight excluding hydrogens is 314 g/mol. The first-order valence-corrected chi connectivity index (χ1v) is 9.16. The van der Waals surface area contributed by atoms with E-state index in [4.69, 9.17) is 0 Å². The van der Waals surface area contributed by atoms with Gasteiger partial charge in [0, 0.05) is 38.8 Å². The Morgan fingerprint density at radius 2 is 1.65 bits per heavy atom. The van der Waals surface area contributed by atoms with Crippen molar-refractivity contribution in [2.45, 2.75) is 26.7 Å². The monoisotopic (exact) mass is 339 g/mol. The fourth-order valence-corrected chi connectivity index (χ4v) is 4.00. The van der Waals surface area contributed by atoms with Crippen molar-refractivity contribution in [2.75, 3.05) is 32.5 Å². The molecule has 0 aromatic heterocycles. The van der Waals surface area contributed by atoms with Crippen molar-refractivity contribution in [1.29, 1.82) is 0 Å². The van der Waals surface area contributed by atoms with Gasteiger partial charge in [0.25, 0.3) is 10.2 Å². The van der Waals surface area contributed by atoms with Crippen molar-refractivity contribution < 1.29 is 13.2 Å². The molecule has 128 valence electrons. The van der Waals surface area contributed by atoms with E-state index in [1.807, 2.05) is 26.0 Å². The Bertz CT molecular complexity index is 658. The Morgan fingerprint density at radius 3 is 2.13 bits per heavy atom. The number of benzene rings is 1. The lowest BCUT2D eigenvalue weighted by Gasteiger charge is -2.32. The number of hydrogen-bond acceptors (Lipinski definition) is 3. The van der Waals surface area contributed by atoms with Gasteiger partial charge in [-0.05, 0) is 49.9 Å². The lowest BCUT2D eigenvalue weighted by molar-refractivity contribution is -0.120. The molecule has 0 radical (unpaired) electrons. The van der Waals surface area contributed by atoms with Gasteiger partial charge < -0.3 is 5.32 Å². The number of carbonyl (C=O) groups excluding carboxylic acids is 1. The summed E-state index contributed by atoms with van der Waals surface area (Å²) >= 11 is 0. The van der Waals surface area contributed by atoms with Crippen LogP contribution in [0, 0.1) is 19.8 Å². The third-order valence-electron chi connectivity index (χ3n) is 4.10. The molecule has 1 amide bonds. The highest BCUT2D eigenvalue weighted by Gasteiger charge is 2.32. The first-order valence-electron chi connectivity index (χ1n) is 7.77. The fourth-order valence-electron chi connectivity index (χ4n) is 2.87. The average molecular weight is 339 g/mol. The molecule has 0 atom stereocenters.